The van der Waals surface area contributed by atoms with Crippen LogP contribution in [0.2, 0.25) is 0 Å². The van der Waals surface area contributed by atoms with Crippen molar-refractivity contribution in [2.75, 3.05) is 26.4 Å². The van der Waals surface area contributed by atoms with Crippen molar-refractivity contribution in [1.82, 2.24) is 5.32 Å². The molecule has 22 heavy (non-hydrogen) atoms. The zero-order chi connectivity index (χ0) is 15.1. The number of amides is 1. The molecule has 0 spiro atoms. The normalized spacial score (nSPS) is 14.8. The minimum atomic E-state index is -0.121. The number of para-hydroxylation sites is 1. The molecule has 0 bridgehead atoms. The Hall–Kier alpha value is -1.30. The third-order valence-corrected chi connectivity index (χ3v) is 3.58. The van der Waals surface area contributed by atoms with E-state index in [1.54, 1.807) is 12.1 Å². The molecule has 5 nitrogen and oxygen atoms in total. The highest BCUT2D eigenvalue weighted by molar-refractivity contribution is 5.97. The highest BCUT2D eigenvalue weighted by Gasteiger charge is 2.31. The Morgan fingerprint density at radius 2 is 2.09 bits per heavy atom. The van der Waals surface area contributed by atoms with E-state index < -0.39 is 0 Å². The van der Waals surface area contributed by atoms with Gasteiger partial charge in [-0.05, 0) is 37.8 Å². The molecule has 0 saturated heterocycles. The van der Waals surface area contributed by atoms with Gasteiger partial charge in [0.05, 0.1) is 12.2 Å². The van der Waals surface area contributed by atoms with Crippen LogP contribution in [0, 0.1) is 5.92 Å². The van der Waals surface area contributed by atoms with Gasteiger partial charge in [-0.2, -0.15) is 0 Å². The molecule has 124 valence electrons. The maximum atomic E-state index is 12.4. The molecule has 0 heterocycles. The van der Waals surface area contributed by atoms with Crippen LogP contribution in [0.5, 0.6) is 5.75 Å². The number of nitrogens with two attached hydrogens (primary N) is 1. The van der Waals surface area contributed by atoms with Gasteiger partial charge in [-0.15, -0.1) is 12.4 Å². The second-order valence-electron chi connectivity index (χ2n) is 5.19. The zero-order valence-corrected chi connectivity index (χ0v) is 13.7. The molecule has 1 aliphatic carbocycles. The number of carbonyl (C=O) groups excluding carboxylic acids is 1. The summed E-state index contributed by atoms with van der Waals surface area (Å²) < 4.78 is 10.9. The van der Waals surface area contributed by atoms with Crippen LogP contribution >= 0.6 is 12.4 Å². The first-order chi connectivity index (χ1) is 10.3. The molecule has 1 aromatic carbocycles. The van der Waals surface area contributed by atoms with Crippen LogP contribution in [0.1, 0.15) is 30.1 Å². The van der Waals surface area contributed by atoms with Gasteiger partial charge >= 0.3 is 0 Å². The van der Waals surface area contributed by atoms with E-state index in [0.29, 0.717) is 43.6 Å². The quantitative estimate of drug-likeness (QED) is 0.680. The first kappa shape index (κ1) is 18.7. The van der Waals surface area contributed by atoms with E-state index in [-0.39, 0.29) is 24.4 Å². The van der Waals surface area contributed by atoms with Crippen LogP contribution in [0.25, 0.3) is 0 Å². The van der Waals surface area contributed by atoms with Gasteiger partial charge in [0.25, 0.3) is 5.91 Å². The fraction of sp³-hybridized carbons (Fsp3) is 0.562. The third kappa shape index (κ3) is 5.48. The average molecular weight is 329 g/mol. The molecule has 1 amide bonds. The number of ether oxygens (including phenoxy) is 2. The van der Waals surface area contributed by atoms with Crippen molar-refractivity contribution >= 4 is 18.3 Å². The van der Waals surface area contributed by atoms with Crippen LogP contribution in [-0.4, -0.2) is 38.3 Å². The minimum Gasteiger partial charge on any atom is -0.490 e. The lowest BCUT2D eigenvalue weighted by molar-refractivity contribution is 0.0917. The van der Waals surface area contributed by atoms with Gasteiger partial charge in [-0.1, -0.05) is 12.1 Å². The third-order valence-electron chi connectivity index (χ3n) is 3.58. The van der Waals surface area contributed by atoms with E-state index in [4.69, 9.17) is 15.2 Å². The van der Waals surface area contributed by atoms with E-state index in [1.165, 1.54) is 0 Å². The summed E-state index contributed by atoms with van der Waals surface area (Å²) in [6.45, 7) is 4.02. The topological polar surface area (TPSA) is 73.6 Å². The zero-order valence-electron chi connectivity index (χ0n) is 12.9. The Labute approximate surface area is 138 Å². The Bertz CT molecular complexity index is 466. The number of hydrogen-bond acceptors (Lipinski definition) is 4. The maximum absolute atomic E-state index is 12.4. The molecule has 1 unspecified atom stereocenters. The molecule has 1 saturated carbocycles. The summed E-state index contributed by atoms with van der Waals surface area (Å²) in [7, 11) is 0. The van der Waals surface area contributed by atoms with Gasteiger partial charge in [-0.25, -0.2) is 0 Å². The fourth-order valence-electron chi connectivity index (χ4n) is 2.25. The molecule has 1 aliphatic rings. The van der Waals surface area contributed by atoms with Gasteiger partial charge in [-0.3, -0.25) is 4.79 Å². The van der Waals surface area contributed by atoms with Gasteiger partial charge < -0.3 is 20.5 Å². The molecule has 0 aromatic heterocycles. The predicted molar refractivity (Wildman–Crippen MR) is 88.7 cm³/mol. The number of carbonyl (C=O) groups is 1. The SMILES string of the molecule is CCOCCOc1ccccc1C(=O)NC(CN)C1CC1.Cl. The average Bonchev–Trinajstić information content (AvgIpc) is 3.34. The lowest BCUT2D eigenvalue weighted by atomic mass is 10.1. The molecular weight excluding hydrogens is 304 g/mol. The molecular formula is C16H25ClN2O3. The Balaban J connectivity index is 0.00000242. The van der Waals surface area contributed by atoms with Gasteiger partial charge in [0.1, 0.15) is 12.4 Å². The van der Waals surface area contributed by atoms with Crippen LogP contribution in [0.4, 0.5) is 0 Å². The number of nitrogens with one attached hydrogen (secondary N) is 1. The highest BCUT2D eigenvalue weighted by Crippen LogP contribution is 2.32. The monoisotopic (exact) mass is 328 g/mol. The summed E-state index contributed by atoms with van der Waals surface area (Å²) in [6.07, 6.45) is 2.29. The molecule has 1 atom stereocenters. The van der Waals surface area contributed by atoms with Crippen molar-refractivity contribution in [2.24, 2.45) is 11.7 Å². The molecule has 0 radical (unpaired) electrons. The summed E-state index contributed by atoms with van der Waals surface area (Å²) in [4.78, 5) is 12.4. The van der Waals surface area contributed by atoms with E-state index >= 15 is 0 Å². The lowest BCUT2D eigenvalue weighted by Gasteiger charge is -2.17. The molecule has 2 rings (SSSR count). The number of halogens is 1. The predicted octanol–water partition coefficient (Wildman–Crippen LogP) is 1.99. The van der Waals surface area contributed by atoms with Crippen molar-refractivity contribution in [2.45, 2.75) is 25.8 Å². The first-order valence-corrected chi connectivity index (χ1v) is 7.56. The number of hydrogen-bond donors (Lipinski definition) is 2. The first-order valence-electron chi connectivity index (χ1n) is 7.56. The fourth-order valence-corrected chi connectivity index (χ4v) is 2.25. The summed E-state index contributed by atoms with van der Waals surface area (Å²) in [6, 6.07) is 7.32. The molecule has 1 fully saturated rings. The van der Waals surface area contributed by atoms with Crippen molar-refractivity contribution in [3.05, 3.63) is 29.8 Å². The maximum Gasteiger partial charge on any atom is 0.255 e. The van der Waals surface area contributed by atoms with Crippen molar-refractivity contribution < 1.29 is 14.3 Å². The van der Waals surface area contributed by atoms with Gasteiger partial charge in [0, 0.05) is 19.2 Å². The van der Waals surface area contributed by atoms with E-state index in [9.17, 15) is 4.79 Å². The standard InChI is InChI=1S/C16H24N2O3.ClH/c1-2-20-9-10-21-15-6-4-3-5-13(15)16(19)18-14(11-17)12-7-8-12;/h3-6,12,14H,2,7-11,17H2,1H3,(H,18,19);1H. The minimum absolute atomic E-state index is 0. The second kappa shape index (κ2) is 9.66. The van der Waals surface area contributed by atoms with Crippen LogP contribution in [0.3, 0.4) is 0 Å². The van der Waals surface area contributed by atoms with Gasteiger partial charge in [0.15, 0.2) is 0 Å². The van der Waals surface area contributed by atoms with Crippen LogP contribution < -0.4 is 15.8 Å². The lowest BCUT2D eigenvalue weighted by Crippen LogP contribution is -2.41. The number of benzene rings is 1. The second-order valence-corrected chi connectivity index (χ2v) is 5.19. The molecule has 0 aliphatic heterocycles. The van der Waals surface area contributed by atoms with E-state index in [1.807, 2.05) is 19.1 Å². The Morgan fingerprint density at radius 1 is 1.36 bits per heavy atom. The summed E-state index contributed by atoms with van der Waals surface area (Å²) >= 11 is 0. The van der Waals surface area contributed by atoms with Crippen molar-refractivity contribution in [3.63, 3.8) is 0 Å². The number of rotatable bonds is 9. The summed E-state index contributed by atoms with van der Waals surface area (Å²) in [5, 5.41) is 3.01. The van der Waals surface area contributed by atoms with E-state index in [0.717, 1.165) is 12.8 Å². The van der Waals surface area contributed by atoms with Gasteiger partial charge in [0.2, 0.25) is 0 Å². The van der Waals surface area contributed by atoms with E-state index in [2.05, 4.69) is 5.32 Å². The van der Waals surface area contributed by atoms with Crippen molar-refractivity contribution in [3.8, 4) is 5.75 Å². The van der Waals surface area contributed by atoms with Crippen LogP contribution in [0.15, 0.2) is 24.3 Å². The molecule has 6 heteroatoms. The van der Waals surface area contributed by atoms with Crippen molar-refractivity contribution in [1.29, 1.82) is 0 Å². The Kier molecular flexibility index (Phi) is 8.24. The Morgan fingerprint density at radius 3 is 2.73 bits per heavy atom. The molecule has 1 aromatic rings. The van der Waals surface area contributed by atoms with Crippen LogP contribution in [-0.2, 0) is 4.74 Å². The largest absolute Gasteiger partial charge is 0.490 e. The smallest absolute Gasteiger partial charge is 0.255 e. The molecule has 3 N–H and O–H groups in total. The summed E-state index contributed by atoms with van der Waals surface area (Å²) in [5.74, 6) is 0.996. The highest BCUT2D eigenvalue weighted by atomic mass is 35.5. The summed E-state index contributed by atoms with van der Waals surface area (Å²) in [5.41, 5.74) is 6.28.